The molecule has 3 aromatic rings. The van der Waals surface area contributed by atoms with Crippen LogP contribution in [-0.4, -0.2) is 51.9 Å². The lowest BCUT2D eigenvalue weighted by molar-refractivity contribution is 0.167. The summed E-state index contributed by atoms with van der Waals surface area (Å²) in [6.07, 6.45) is 6.41. The lowest BCUT2D eigenvalue weighted by Crippen LogP contribution is -2.50. The van der Waals surface area contributed by atoms with Gasteiger partial charge in [0.25, 0.3) is 0 Å². The van der Waals surface area contributed by atoms with Gasteiger partial charge in [0.1, 0.15) is 5.75 Å². The first kappa shape index (κ1) is 22.3. The molecule has 0 aliphatic carbocycles. The van der Waals surface area contributed by atoms with Crippen molar-refractivity contribution in [1.29, 1.82) is 5.26 Å². The van der Waals surface area contributed by atoms with E-state index in [2.05, 4.69) is 31.7 Å². The Balaban J connectivity index is 1.46. The molecule has 2 unspecified atom stereocenters. The highest BCUT2D eigenvalue weighted by atomic mass is 16.5. The van der Waals surface area contributed by atoms with E-state index in [9.17, 15) is 4.79 Å². The van der Waals surface area contributed by atoms with Gasteiger partial charge in [-0.2, -0.15) is 10.4 Å². The molecule has 170 valence electrons. The minimum Gasteiger partial charge on any atom is -0.495 e. The Kier molecular flexibility index (Phi) is 6.86. The minimum absolute atomic E-state index is 0.0213. The van der Waals surface area contributed by atoms with Gasteiger partial charge in [0.05, 0.1) is 31.1 Å². The molecule has 4 rings (SSSR count). The van der Waals surface area contributed by atoms with Crippen molar-refractivity contribution in [3.8, 4) is 11.8 Å². The number of carbonyl (C=O) groups is 1. The Morgan fingerprint density at radius 3 is 2.70 bits per heavy atom. The van der Waals surface area contributed by atoms with E-state index in [4.69, 9.17) is 10.00 Å². The van der Waals surface area contributed by atoms with Gasteiger partial charge in [-0.25, -0.2) is 4.79 Å². The largest absolute Gasteiger partial charge is 0.495 e. The number of nitrogens with one attached hydrogen (secondary N) is 2. The number of aryl methyl sites for hydroxylation is 1. The maximum atomic E-state index is 12.7. The summed E-state index contributed by atoms with van der Waals surface area (Å²) in [5, 5.41) is 19.2. The van der Waals surface area contributed by atoms with Gasteiger partial charge in [0, 0.05) is 61.8 Å². The van der Waals surface area contributed by atoms with Crippen LogP contribution in [0.4, 0.5) is 10.5 Å². The van der Waals surface area contributed by atoms with E-state index in [-0.39, 0.29) is 18.0 Å². The van der Waals surface area contributed by atoms with Gasteiger partial charge in [-0.15, -0.1) is 0 Å². The molecule has 3 heterocycles. The summed E-state index contributed by atoms with van der Waals surface area (Å²) < 4.78 is 7.06. The monoisotopic (exact) mass is 445 g/mol. The van der Waals surface area contributed by atoms with E-state index in [1.54, 1.807) is 42.3 Å². The fraction of sp³-hybridized carbons (Fsp3) is 0.333. The number of nitriles is 1. The number of aromatic nitrogens is 3. The fourth-order valence-corrected chi connectivity index (χ4v) is 4.14. The minimum atomic E-state index is -0.274. The van der Waals surface area contributed by atoms with Crippen molar-refractivity contribution in [2.45, 2.75) is 24.9 Å². The first-order chi connectivity index (χ1) is 16.0. The number of amides is 2. The zero-order valence-corrected chi connectivity index (χ0v) is 18.7. The zero-order chi connectivity index (χ0) is 23.2. The van der Waals surface area contributed by atoms with E-state index in [1.165, 1.54) is 0 Å². The highest BCUT2D eigenvalue weighted by Gasteiger charge is 2.32. The van der Waals surface area contributed by atoms with Crippen LogP contribution in [0.15, 0.2) is 55.0 Å². The van der Waals surface area contributed by atoms with Crippen LogP contribution in [0.3, 0.4) is 0 Å². The van der Waals surface area contributed by atoms with Crippen molar-refractivity contribution < 1.29 is 9.53 Å². The number of urea groups is 1. The quantitative estimate of drug-likeness (QED) is 0.604. The summed E-state index contributed by atoms with van der Waals surface area (Å²) in [7, 11) is 3.53. The Morgan fingerprint density at radius 2 is 2.06 bits per heavy atom. The topological polar surface area (TPSA) is 108 Å². The van der Waals surface area contributed by atoms with Crippen molar-refractivity contribution in [2.75, 3.05) is 25.5 Å². The second-order valence-corrected chi connectivity index (χ2v) is 8.17. The highest BCUT2D eigenvalue weighted by Crippen LogP contribution is 2.28. The molecule has 1 aromatic carbocycles. The third kappa shape index (κ3) is 5.67. The van der Waals surface area contributed by atoms with Gasteiger partial charge >= 0.3 is 6.03 Å². The van der Waals surface area contributed by atoms with Gasteiger partial charge in [0.15, 0.2) is 0 Å². The van der Waals surface area contributed by atoms with Gasteiger partial charge in [-0.05, 0) is 42.8 Å². The number of likely N-dealkylation sites (tertiary alicyclic amines) is 1. The Hall–Kier alpha value is -3.90. The van der Waals surface area contributed by atoms with Gasteiger partial charge in [-0.1, -0.05) is 0 Å². The number of rotatable bonds is 6. The van der Waals surface area contributed by atoms with Crippen LogP contribution in [0.5, 0.6) is 5.75 Å². The zero-order valence-electron chi connectivity index (χ0n) is 18.7. The molecule has 2 atom stereocenters. The molecule has 1 aliphatic heterocycles. The van der Waals surface area contributed by atoms with Crippen molar-refractivity contribution in [1.82, 2.24) is 25.0 Å². The van der Waals surface area contributed by atoms with Crippen molar-refractivity contribution >= 4 is 11.7 Å². The summed E-state index contributed by atoms with van der Waals surface area (Å²) in [5.41, 5.74) is 3.26. The second kappa shape index (κ2) is 10.1. The molecule has 1 aliphatic rings. The lowest BCUT2D eigenvalue weighted by atomic mass is 9.88. The Morgan fingerprint density at radius 1 is 1.24 bits per heavy atom. The lowest BCUT2D eigenvalue weighted by Gasteiger charge is -2.38. The Labute approximate surface area is 193 Å². The van der Waals surface area contributed by atoms with E-state index >= 15 is 0 Å². The molecular weight excluding hydrogens is 418 g/mol. The van der Waals surface area contributed by atoms with E-state index in [0.717, 1.165) is 37.3 Å². The predicted molar refractivity (Wildman–Crippen MR) is 124 cm³/mol. The fourth-order valence-electron chi connectivity index (χ4n) is 4.14. The third-order valence-corrected chi connectivity index (χ3v) is 5.82. The molecular formula is C24H27N7O2. The first-order valence-corrected chi connectivity index (χ1v) is 10.8. The molecule has 0 spiro atoms. The van der Waals surface area contributed by atoms with E-state index in [1.807, 2.05) is 31.6 Å². The van der Waals surface area contributed by atoms with Crippen LogP contribution in [-0.2, 0) is 13.6 Å². The van der Waals surface area contributed by atoms with Gasteiger partial charge in [0.2, 0.25) is 0 Å². The number of ether oxygens (including phenoxy) is 1. The van der Waals surface area contributed by atoms with Crippen molar-refractivity contribution in [3.63, 3.8) is 0 Å². The number of piperidine rings is 1. The summed E-state index contributed by atoms with van der Waals surface area (Å²) in [6.45, 7) is 2.41. The first-order valence-electron chi connectivity index (χ1n) is 10.8. The van der Waals surface area contributed by atoms with Crippen LogP contribution < -0.4 is 15.4 Å². The molecule has 0 saturated carbocycles. The predicted octanol–water partition coefficient (Wildman–Crippen LogP) is 2.88. The van der Waals surface area contributed by atoms with Crippen molar-refractivity contribution in [3.05, 3.63) is 71.8 Å². The molecule has 2 N–H and O–H groups in total. The highest BCUT2D eigenvalue weighted by molar-refractivity contribution is 5.89. The summed E-state index contributed by atoms with van der Waals surface area (Å²) in [4.78, 5) is 19.7. The number of carbonyl (C=O) groups excluding carboxylic acids is 1. The number of nitrogens with zero attached hydrogens (tertiary/aromatic N) is 5. The summed E-state index contributed by atoms with van der Waals surface area (Å²) in [5.74, 6) is 0.720. The Bertz CT molecular complexity index is 1120. The molecule has 0 bridgehead atoms. The van der Waals surface area contributed by atoms with Crippen LogP contribution in [0, 0.1) is 11.3 Å². The SMILES string of the molecule is COc1ccc(C2CN(Cc3cnn(C)c3)CCC2NC(=O)Nc2ccc(C#N)cc2)nc1. The summed E-state index contributed by atoms with van der Waals surface area (Å²) in [6, 6.07) is 12.4. The maximum absolute atomic E-state index is 12.7. The van der Waals surface area contributed by atoms with E-state index < -0.39 is 0 Å². The van der Waals surface area contributed by atoms with E-state index in [0.29, 0.717) is 17.0 Å². The second-order valence-electron chi connectivity index (χ2n) is 8.17. The van der Waals surface area contributed by atoms with Crippen LogP contribution >= 0.6 is 0 Å². The molecule has 9 nitrogen and oxygen atoms in total. The third-order valence-electron chi connectivity index (χ3n) is 5.82. The van der Waals surface area contributed by atoms with Crippen molar-refractivity contribution in [2.24, 2.45) is 7.05 Å². The smallest absolute Gasteiger partial charge is 0.319 e. The number of hydrogen-bond donors (Lipinski definition) is 2. The number of pyridine rings is 1. The normalized spacial score (nSPS) is 18.3. The molecule has 9 heteroatoms. The summed E-state index contributed by atoms with van der Waals surface area (Å²) >= 11 is 0. The molecule has 2 aromatic heterocycles. The molecule has 2 amide bonds. The molecule has 0 radical (unpaired) electrons. The molecule has 1 fully saturated rings. The molecule has 1 saturated heterocycles. The molecule has 33 heavy (non-hydrogen) atoms. The van der Waals surface area contributed by atoms with Crippen LogP contribution in [0.1, 0.15) is 29.2 Å². The maximum Gasteiger partial charge on any atom is 0.319 e. The van der Waals surface area contributed by atoms with Gasteiger partial charge < -0.3 is 15.4 Å². The number of anilines is 1. The average Bonchev–Trinajstić information content (AvgIpc) is 3.25. The number of benzene rings is 1. The van der Waals surface area contributed by atoms with Gasteiger partial charge in [-0.3, -0.25) is 14.6 Å². The number of hydrogen-bond acceptors (Lipinski definition) is 6. The standard InChI is InChI=1S/C24H27N7O2/c1-30-14-18(12-27-30)15-31-10-9-23(21(16-31)22-8-7-20(33-2)13-26-22)29-24(32)28-19-5-3-17(11-25)4-6-19/h3-8,12-14,21,23H,9-10,15-16H2,1-2H3,(H2,28,29,32). The average molecular weight is 446 g/mol. The number of methoxy groups -OCH3 is 1. The van der Waals surface area contributed by atoms with Crippen LogP contribution in [0.25, 0.3) is 0 Å². The van der Waals surface area contributed by atoms with Crippen LogP contribution in [0.2, 0.25) is 0 Å².